The van der Waals surface area contributed by atoms with Gasteiger partial charge < -0.3 is 10.1 Å². The molecule has 0 atom stereocenters. The van der Waals surface area contributed by atoms with Gasteiger partial charge in [0, 0.05) is 15.2 Å². The van der Waals surface area contributed by atoms with Crippen molar-refractivity contribution in [3.05, 3.63) is 92.4 Å². The molecule has 10 heteroatoms. The van der Waals surface area contributed by atoms with Gasteiger partial charge >= 0.3 is 17.8 Å². The van der Waals surface area contributed by atoms with Crippen LogP contribution in [0.4, 0.5) is 5.69 Å². The molecular weight excluding hydrogens is 521 g/mol. The lowest BCUT2D eigenvalue weighted by molar-refractivity contribution is -0.136. The molecule has 0 bridgehead atoms. The van der Waals surface area contributed by atoms with Gasteiger partial charge in [-0.05, 0) is 72.3 Å². The summed E-state index contributed by atoms with van der Waals surface area (Å²) >= 11 is 15.1. The molecule has 0 aromatic heterocycles. The van der Waals surface area contributed by atoms with Gasteiger partial charge in [0.1, 0.15) is 5.75 Å². The normalized spacial score (nSPS) is 10.6. The van der Waals surface area contributed by atoms with Gasteiger partial charge in [0.2, 0.25) is 0 Å². The molecule has 2 N–H and O–H groups in total. The maximum atomic E-state index is 12.2. The summed E-state index contributed by atoms with van der Waals surface area (Å²) in [5.74, 6) is -2.12. The number of rotatable bonds is 5. The van der Waals surface area contributed by atoms with Crippen LogP contribution in [0.25, 0.3) is 0 Å². The quantitative estimate of drug-likeness (QED) is 0.157. The second kappa shape index (κ2) is 10.9. The van der Waals surface area contributed by atoms with Crippen LogP contribution >= 0.6 is 39.1 Å². The third-order valence-electron chi connectivity index (χ3n) is 3.93. The van der Waals surface area contributed by atoms with Crippen molar-refractivity contribution in [2.75, 3.05) is 5.32 Å². The molecule has 0 spiro atoms. The highest BCUT2D eigenvalue weighted by atomic mass is 79.9. The van der Waals surface area contributed by atoms with Gasteiger partial charge in [-0.15, -0.1) is 0 Å². The number of carbonyl (C=O) groups is 3. The standard InChI is InChI=1S/C22H14BrCl2N3O4/c23-14-3-6-16(7-4-14)27-20(29)21(30)28-26-12-13-1-8-17(9-2-13)32-22(31)18-10-5-15(24)11-19(18)25/h1-12H,(H,27,29)(H,28,30)/b26-12-. The second-order valence-electron chi connectivity index (χ2n) is 6.24. The van der Waals surface area contributed by atoms with E-state index in [4.69, 9.17) is 27.9 Å². The van der Waals surface area contributed by atoms with Gasteiger partial charge in [-0.1, -0.05) is 39.1 Å². The Kier molecular flexibility index (Phi) is 7.99. The Balaban J connectivity index is 1.52. The van der Waals surface area contributed by atoms with Crippen LogP contribution < -0.4 is 15.5 Å². The Morgan fingerprint density at radius 2 is 1.59 bits per heavy atom. The Labute approximate surface area is 201 Å². The van der Waals surface area contributed by atoms with Crippen LogP contribution in [0, 0.1) is 0 Å². The van der Waals surface area contributed by atoms with E-state index in [9.17, 15) is 14.4 Å². The van der Waals surface area contributed by atoms with E-state index in [2.05, 4.69) is 31.8 Å². The maximum Gasteiger partial charge on any atom is 0.345 e. The fourth-order valence-corrected chi connectivity index (χ4v) is 3.13. The zero-order chi connectivity index (χ0) is 23.1. The molecule has 0 saturated carbocycles. The Morgan fingerprint density at radius 1 is 0.906 bits per heavy atom. The van der Waals surface area contributed by atoms with Gasteiger partial charge in [-0.25, -0.2) is 10.2 Å². The van der Waals surface area contributed by atoms with Crippen molar-refractivity contribution in [3.8, 4) is 5.75 Å². The van der Waals surface area contributed by atoms with Crippen molar-refractivity contribution in [2.45, 2.75) is 0 Å². The first-order valence-electron chi connectivity index (χ1n) is 8.99. The van der Waals surface area contributed by atoms with Crippen LogP contribution in [0.2, 0.25) is 10.0 Å². The third-order valence-corrected chi connectivity index (χ3v) is 5.01. The molecule has 32 heavy (non-hydrogen) atoms. The molecule has 0 fully saturated rings. The van der Waals surface area contributed by atoms with E-state index < -0.39 is 17.8 Å². The molecule has 3 aromatic carbocycles. The fraction of sp³-hybridized carbons (Fsp3) is 0. The number of amides is 2. The van der Waals surface area contributed by atoms with Gasteiger partial charge in [-0.3, -0.25) is 9.59 Å². The molecule has 0 unspecified atom stereocenters. The summed E-state index contributed by atoms with van der Waals surface area (Å²) in [6.07, 6.45) is 1.34. The molecule has 3 rings (SSSR count). The van der Waals surface area contributed by atoms with Crippen LogP contribution in [-0.4, -0.2) is 24.0 Å². The minimum absolute atomic E-state index is 0.186. The molecule has 0 aliphatic heterocycles. The lowest BCUT2D eigenvalue weighted by atomic mass is 10.2. The third kappa shape index (κ3) is 6.65. The van der Waals surface area contributed by atoms with Crippen LogP contribution in [-0.2, 0) is 9.59 Å². The maximum absolute atomic E-state index is 12.2. The smallest absolute Gasteiger partial charge is 0.345 e. The zero-order valence-corrected chi connectivity index (χ0v) is 19.2. The number of esters is 1. The lowest BCUT2D eigenvalue weighted by Gasteiger charge is -2.06. The summed E-state index contributed by atoms with van der Waals surface area (Å²) in [5.41, 5.74) is 3.40. The van der Waals surface area contributed by atoms with Crippen LogP contribution in [0.15, 0.2) is 76.3 Å². The number of halogens is 3. The predicted octanol–water partition coefficient (Wildman–Crippen LogP) is 5.06. The average Bonchev–Trinajstić information content (AvgIpc) is 2.76. The molecule has 0 heterocycles. The van der Waals surface area contributed by atoms with E-state index in [0.29, 0.717) is 16.3 Å². The molecule has 0 saturated heterocycles. The summed E-state index contributed by atoms with van der Waals surface area (Å²) < 4.78 is 6.12. The van der Waals surface area contributed by atoms with Gasteiger partial charge in [0.25, 0.3) is 0 Å². The second-order valence-corrected chi connectivity index (χ2v) is 8.00. The van der Waals surface area contributed by atoms with E-state index in [1.54, 1.807) is 48.5 Å². The largest absolute Gasteiger partial charge is 0.423 e. The number of hydrazone groups is 1. The summed E-state index contributed by atoms with van der Waals surface area (Å²) in [7, 11) is 0. The number of benzene rings is 3. The lowest BCUT2D eigenvalue weighted by Crippen LogP contribution is -2.32. The highest BCUT2D eigenvalue weighted by Crippen LogP contribution is 2.23. The fourth-order valence-electron chi connectivity index (χ4n) is 2.38. The highest BCUT2D eigenvalue weighted by Gasteiger charge is 2.14. The first-order valence-corrected chi connectivity index (χ1v) is 10.5. The molecule has 0 aliphatic carbocycles. The van der Waals surface area contributed by atoms with Gasteiger partial charge in [0.15, 0.2) is 0 Å². The summed E-state index contributed by atoms with van der Waals surface area (Å²) in [6, 6.07) is 17.5. The molecule has 7 nitrogen and oxygen atoms in total. The monoisotopic (exact) mass is 533 g/mol. The van der Waals surface area contributed by atoms with E-state index >= 15 is 0 Å². The highest BCUT2D eigenvalue weighted by molar-refractivity contribution is 9.10. The van der Waals surface area contributed by atoms with Crippen LogP contribution in [0.3, 0.4) is 0 Å². The number of nitrogens with one attached hydrogen (secondary N) is 2. The SMILES string of the molecule is O=C(N/N=C\c1ccc(OC(=O)c2ccc(Cl)cc2Cl)cc1)C(=O)Nc1ccc(Br)cc1. The summed E-state index contributed by atoms with van der Waals surface area (Å²) in [5, 5.41) is 6.80. The van der Waals surface area contributed by atoms with Crippen molar-refractivity contribution in [1.29, 1.82) is 0 Å². The topological polar surface area (TPSA) is 96.9 Å². The number of carbonyl (C=O) groups excluding carboxylic acids is 3. The van der Waals surface area contributed by atoms with Gasteiger partial charge in [-0.2, -0.15) is 5.10 Å². The van der Waals surface area contributed by atoms with Gasteiger partial charge in [0.05, 0.1) is 16.8 Å². The number of hydrogen-bond acceptors (Lipinski definition) is 5. The predicted molar refractivity (Wildman–Crippen MR) is 126 cm³/mol. The molecule has 0 radical (unpaired) electrons. The first-order chi connectivity index (χ1) is 15.3. The average molecular weight is 535 g/mol. The Hall–Kier alpha value is -3.20. The molecule has 0 aliphatic rings. The van der Waals surface area contributed by atoms with Crippen LogP contribution in [0.5, 0.6) is 5.75 Å². The number of anilines is 1. The summed E-state index contributed by atoms with van der Waals surface area (Å²) in [6.45, 7) is 0. The van der Waals surface area contributed by atoms with Crippen molar-refractivity contribution in [1.82, 2.24) is 5.43 Å². The Bertz CT molecular complexity index is 1180. The molecule has 162 valence electrons. The van der Waals surface area contributed by atoms with E-state index in [1.165, 1.54) is 24.4 Å². The first kappa shape index (κ1) is 23.5. The van der Waals surface area contributed by atoms with Crippen molar-refractivity contribution >= 4 is 68.8 Å². The molecular formula is C22H14BrCl2N3O4. The van der Waals surface area contributed by atoms with Crippen molar-refractivity contribution in [3.63, 3.8) is 0 Å². The zero-order valence-electron chi connectivity index (χ0n) is 16.1. The molecule has 2 amide bonds. The van der Waals surface area contributed by atoms with E-state index in [-0.39, 0.29) is 16.3 Å². The minimum atomic E-state index is -0.922. The van der Waals surface area contributed by atoms with Crippen LogP contribution in [0.1, 0.15) is 15.9 Å². The van der Waals surface area contributed by atoms with Crippen molar-refractivity contribution in [2.24, 2.45) is 5.10 Å². The minimum Gasteiger partial charge on any atom is -0.423 e. The van der Waals surface area contributed by atoms with E-state index in [1.807, 2.05) is 0 Å². The Morgan fingerprint density at radius 3 is 2.25 bits per heavy atom. The number of ether oxygens (including phenoxy) is 1. The van der Waals surface area contributed by atoms with Crippen molar-refractivity contribution < 1.29 is 19.1 Å². The van der Waals surface area contributed by atoms with E-state index in [0.717, 1.165) is 4.47 Å². The summed E-state index contributed by atoms with van der Waals surface area (Å²) in [4.78, 5) is 35.9. The number of nitrogens with zero attached hydrogens (tertiary/aromatic N) is 1. The number of hydrogen-bond donors (Lipinski definition) is 2. The molecule has 3 aromatic rings.